The molecule has 0 fully saturated rings. The molecule has 0 aliphatic rings. The molecule has 1 N–H and O–H groups in total. The normalized spacial score (nSPS) is 11.5. The van der Waals surface area contributed by atoms with Crippen molar-refractivity contribution in [1.29, 1.82) is 0 Å². The number of amides is 1. The lowest BCUT2D eigenvalue weighted by Gasteiger charge is -2.15. The van der Waals surface area contributed by atoms with Crippen molar-refractivity contribution in [1.82, 2.24) is 0 Å². The molecule has 138 valence electrons. The Balaban J connectivity index is 1.66. The molecular formula is C22H21NO3S. The van der Waals surface area contributed by atoms with E-state index in [1.807, 2.05) is 85.8 Å². The Bertz CT molecular complexity index is 882. The summed E-state index contributed by atoms with van der Waals surface area (Å²) in [5.41, 5.74) is 0.647. The third-order valence-electron chi connectivity index (χ3n) is 3.86. The predicted octanol–water partition coefficient (Wildman–Crippen LogP) is 5.61. The van der Waals surface area contributed by atoms with Crippen molar-refractivity contribution in [2.75, 3.05) is 12.4 Å². The zero-order chi connectivity index (χ0) is 19.1. The summed E-state index contributed by atoms with van der Waals surface area (Å²) in [6.45, 7) is 1.88. The largest absolute Gasteiger partial charge is 0.497 e. The number of thioether (sulfide) groups is 1. The van der Waals surface area contributed by atoms with Gasteiger partial charge in [-0.05, 0) is 55.5 Å². The molecule has 3 rings (SSSR count). The van der Waals surface area contributed by atoms with Crippen LogP contribution >= 0.6 is 11.8 Å². The topological polar surface area (TPSA) is 47.6 Å². The third kappa shape index (κ3) is 5.28. The molecule has 0 heterocycles. The summed E-state index contributed by atoms with van der Waals surface area (Å²) in [5, 5.41) is 2.70. The number of para-hydroxylation sites is 3. The van der Waals surface area contributed by atoms with E-state index in [1.165, 1.54) is 11.8 Å². The molecule has 0 radical (unpaired) electrons. The van der Waals surface area contributed by atoms with Crippen LogP contribution in [0, 0.1) is 0 Å². The third-order valence-corrected chi connectivity index (χ3v) is 4.97. The Labute approximate surface area is 163 Å². The molecule has 4 nitrogen and oxygen atoms in total. The number of hydrogen-bond acceptors (Lipinski definition) is 4. The van der Waals surface area contributed by atoms with Gasteiger partial charge in [0.05, 0.1) is 18.0 Å². The van der Waals surface area contributed by atoms with E-state index in [0.29, 0.717) is 11.4 Å². The second kappa shape index (κ2) is 9.14. The average Bonchev–Trinajstić information content (AvgIpc) is 2.71. The van der Waals surface area contributed by atoms with E-state index < -0.39 is 0 Å². The number of rotatable bonds is 7. The number of ether oxygens (including phenoxy) is 2. The van der Waals surface area contributed by atoms with Gasteiger partial charge in [0.1, 0.15) is 11.5 Å². The molecule has 1 atom stereocenters. The molecule has 0 saturated heterocycles. The van der Waals surface area contributed by atoms with Crippen LogP contribution < -0.4 is 14.8 Å². The van der Waals surface area contributed by atoms with Crippen molar-refractivity contribution in [3.63, 3.8) is 0 Å². The van der Waals surface area contributed by atoms with E-state index in [9.17, 15) is 4.79 Å². The van der Waals surface area contributed by atoms with Crippen LogP contribution in [0.4, 0.5) is 5.69 Å². The van der Waals surface area contributed by atoms with Crippen LogP contribution in [0.3, 0.4) is 0 Å². The van der Waals surface area contributed by atoms with Crippen LogP contribution in [0.25, 0.3) is 0 Å². The molecule has 0 spiro atoms. The number of benzene rings is 3. The van der Waals surface area contributed by atoms with Gasteiger partial charge in [0.15, 0.2) is 5.75 Å². The van der Waals surface area contributed by atoms with Gasteiger partial charge in [-0.2, -0.15) is 0 Å². The fraction of sp³-hybridized carbons (Fsp3) is 0.136. The van der Waals surface area contributed by atoms with Crippen LogP contribution in [0.2, 0.25) is 0 Å². The highest BCUT2D eigenvalue weighted by Crippen LogP contribution is 2.31. The first-order valence-electron chi connectivity index (χ1n) is 8.59. The Morgan fingerprint density at radius 3 is 2.26 bits per heavy atom. The van der Waals surface area contributed by atoms with Crippen molar-refractivity contribution in [2.45, 2.75) is 17.1 Å². The van der Waals surface area contributed by atoms with Gasteiger partial charge in [0.25, 0.3) is 0 Å². The zero-order valence-corrected chi connectivity index (χ0v) is 16.0. The van der Waals surface area contributed by atoms with Gasteiger partial charge >= 0.3 is 0 Å². The van der Waals surface area contributed by atoms with Gasteiger partial charge in [0.2, 0.25) is 5.91 Å². The fourth-order valence-corrected chi connectivity index (χ4v) is 3.29. The molecule has 0 aromatic heterocycles. The number of anilines is 1. The van der Waals surface area contributed by atoms with E-state index in [0.717, 1.165) is 16.4 Å². The van der Waals surface area contributed by atoms with Crippen LogP contribution in [0.1, 0.15) is 6.92 Å². The molecule has 0 saturated carbocycles. The Morgan fingerprint density at radius 1 is 0.889 bits per heavy atom. The van der Waals surface area contributed by atoms with Crippen molar-refractivity contribution >= 4 is 23.4 Å². The first-order chi connectivity index (χ1) is 13.2. The van der Waals surface area contributed by atoms with Crippen LogP contribution in [0.5, 0.6) is 17.2 Å². The van der Waals surface area contributed by atoms with Gasteiger partial charge in [-0.3, -0.25) is 4.79 Å². The first kappa shape index (κ1) is 18.9. The molecule has 27 heavy (non-hydrogen) atoms. The summed E-state index contributed by atoms with van der Waals surface area (Å²) in [6.07, 6.45) is 0. The van der Waals surface area contributed by atoms with E-state index >= 15 is 0 Å². The molecule has 3 aromatic rings. The average molecular weight is 379 g/mol. The van der Waals surface area contributed by atoms with Crippen molar-refractivity contribution in [2.24, 2.45) is 0 Å². The SMILES string of the molecule is COc1ccc(S[C@H](C)C(=O)Nc2ccccc2Oc2ccccc2)cc1. The zero-order valence-electron chi connectivity index (χ0n) is 15.2. The van der Waals surface area contributed by atoms with Crippen LogP contribution in [0.15, 0.2) is 83.8 Å². The Kier molecular flexibility index (Phi) is 6.39. The lowest BCUT2D eigenvalue weighted by Crippen LogP contribution is -2.22. The predicted molar refractivity (Wildman–Crippen MR) is 110 cm³/mol. The number of methoxy groups -OCH3 is 1. The minimum absolute atomic E-state index is 0.0834. The Hall–Kier alpha value is -2.92. The summed E-state index contributed by atoms with van der Waals surface area (Å²) in [4.78, 5) is 13.6. The number of hydrogen-bond donors (Lipinski definition) is 1. The fourth-order valence-electron chi connectivity index (χ4n) is 2.42. The second-order valence-corrected chi connectivity index (χ2v) is 7.25. The van der Waals surface area contributed by atoms with Crippen molar-refractivity contribution in [3.05, 3.63) is 78.9 Å². The quantitative estimate of drug-likeness (QED) is 0.542. The summed E-state index contributed by atoms with van der Waals surface area (Å²) < 4.78 is 11.1. The summed E-state index contributed by atoms with van der Waals surface area (Å²) in [5.74, 6) is 2.04. The minimum atomic E-state index is -0.261. The first-order valence-corrected chi connectivity index (χ1v) is 9.47. The maximum Gasteiger partial charge on any atom is 0.237 e. The maximum absolute atomic E-state index is 12.6. The maximum atomic E-state index is 12.6. The highest BCUT2D eigenvalue weighted by atomic mass is 32.2. The van der Waals surface area contributed by atoms with Gasteiger partial charge in [-0.1, -0.05) is 30.3 Å². The van der Waals surface area contributed by atoms with E-state index in [1.54, 1.807) is 7.11 Å². The van der Waals surface area contributed by atoms with Crippen LogP contribution in [-0.2, 0) is 4.79 Å². The van der Waals surface area contributed by atoms with Crippen LogP contribution in [-0.4, -0.2) is 18.3 Å². The molecule has 0 aliphatic carbocycles. The minimum Gasteiger partial charge on any atom is -0.497 e. The van der Waals surface area contributed by atoms with Gasteiger partial charge < -0.3 is 14.8 Å². The number of carbonyl (C=O) groups is 1. The van der Waals surface area contributed by atoms with Crippen molar-refractivity contribution in [3.8, 4) is 17.2 Å². The molecule has 0 bridgehead atoms. The number of nitrogens with one attached hydrogen (secondary N) is 1. The molecule has 5 heteroatoms. The smallest absolute Gasteiger partial charge is 0.237 e. The number of carbonyl (C=O) groups excluding carboxylic acids is 1. The highest BCUT2D eigenvalue weighted by Gasteiger charge is 2.16. The molecule has 3 aromatic carbocycles. The summed E-state index contributed by atoms with van der Waals surface area (Å²) >= 11 is 1.49. The van der Waals surface area contributed by atoms with Gasteiger partial charge in [-0.25, -0.2) is 0 Å². The summed E-state index contributed by atoms with van der Waals surface area (Å²) in [6, 6.07) is 24.6. The summed E-state index contributed by atoms with van der Waals surface area (Å²) in [7, 11) is 1.63. The molecule has 1 amide bonds. The van der Waals surface area contributed by atoms with E-state index in [-0.39, 0.29) is 11.2 Å². The molecular weight excluding hydrogens is 358 g/mol. The van der Waals surface area contributed by atoms with E-state index in [4.69, 9.17) is 9.47 Å². The molecule has 0 aliphatic heterocycles. The lowest BCUT2D eigenvalue weighted by atomic mass is 10.2. The van der Waals surface area contributed by atoms with E-state index in [2.05, 4.69) is 5.32 Å². The monoisotopic (exact) mass is 379 g/mol. The van der Waals surface area contributed by atoms with Crippen molar-refractivity contribution < 1.29 is 14.3 Å². The highest BCUT2D eigenvalue weighted by molar-refractivity contribution is 8.00. The van der Waals surface area contributed by atoms with Gasteiger partial charge in [-0.15, -0.1) is 11.8 Å². The second-order valence-electron chi connectivity index (χ2n) is 5.84. The lowest BCUT2D eigenvalue weighted by molar-refractivity contribution is -0.115. The molecule has 0 unspecified atom stereocenters. The standard InChI is InChI=1S/C22H21NO3S/c1-16(27-19-14-12-17(25-2)13-15-19)22(24)23-20-10-6-7-11-21(20)26-18-8-4-3-5-9-18/h3-16H,1-2H3,(H,23,24)/t16-/m1/s1. The Morgan fingerprint density at radius 2 is 1.56 bits per heavy atom. The van der Waals surface area contributed by atoms with Gasteiger partial charge in [0, 0.05) is 4.90 Å².